The molecule has 0 aliphatic carbocycles. The zero-order chi connectivity index (χ0) is 18.0. The zero-order valence-corrected chi connectivity index (χ0v) is 14.2. The third kappa shape index (κ3) is 3.42. The molecule has 0 radical (unpaired) electrons. The lowest BCUT2D eigenvalue weighted by molar-refractivity contribution is 0.0691. The Bertz CT molecular complexity index is 908. The lowest BCUT2D eigenvalue weighted by atomic mass is 10.0. The molecule has 2 aromatic heterocycles. The molecule has 3 aromatic rings. The third-order valence-corrected chi connectivity index (χ3v) is 4.20. The van der Waals surface area contributed by atoms with Crippen LogP contribution < -0.4 is 5.32 Å². The van der Waals surface area contributed by atoms with Gasteiger partial charge in [-0.25, -0.2) is 14.5 Å². The number of aryl methyl sites for hydroxylation is 1. The molecule has 3 rings (SSSR count). The lowest BCUT2D eigenvalue weighted by Gasteiger charge is -2.11. The highest BCUT2D eigenvalue weighted by molar-refractivity contribution is 6.18. The summed E-state index contributed by atoms with van der Waals surface area (Å²) in [5.74, 6) is -0.924. The predicted molar refractivity (Wildman–Crippen MR) is 96.1 cm³/mol. The molecule has 0 bridgehead atoms. The monoisotopic (exact) mass is 360 g/mol. The van der Waals surface area contributed by atoms with E-state index in [2.05, 4.69) is 15.4 Å². The van der Waals surface area contributed by atoms with Crippen molar-refractivity contribution in [3.63, 3.8) is 0 Å². The van der Waals surface area contributed by atoms with Gasteiger partial charge in [0.15, 0.2) is 11.3 Å². The van der Waals surface area contributed by atoms with Crippen LogP contribution in [0, 0.1) is 0 Å². The van der Waals surface area contributed by atoms with Crippen molar-refractivity contribution in [1.29, 1.82) is 0 Å². The van der Waals surface area contributed by atoms with Crippen LogP contribution in [-0.4, -0.2) is 49.5 Å². The molecule has 0 amide bonds. The maximum Gasteiger partial charge on any atom is 0.357 e. The number of hydrogen-bond acceptors (Lipinski definition) is 5. The van der Waals surface area contributed by atoms with E-state index < -0.39 is 12.1 Å². The molecule has 8 heteroatoms. The molecule has 0 saturated heterocycles. The fourth-order valence-electron chi connectivity index (χ4n) is 2.63. The largest absolute Gasteiger partial charge is 0.476 e. The maximum atomic E-state index is 11.5. The first-order chi connectivity index (χ1) is 12.0. The van der Waals surface area contributed by atoms with Gasteiger partial charge in [0.2, 0.25) is 0 Å². The van der Waals surface area contributed by atoms with Crippen LogP contribution in [0.25, 0.3) is 22.2 Å². The van der Waals surface area contributed by atoms with Crippen molar-refractivity contribution in [2.75, 3.05) is 17.7 Å². The summed E-state index contributed by atoms with van der Waals surface area (Å²) in [5, 5.41) is 26.5. The second kappa shape index (κ2) is 7.08. The number of fused-ring (bicyclic) bond motifs is 1. The molecule has 0 saturated carbocycles. The number of nitrogens with one attached hydrogen (secondary N) is 1. The van der Waals surface area contributed by atoms with Gasteiger partial charge in [-0.3, -0.25) is 0 Å². The second-order valence-corrected chi connectivity index (χ2v) is 5.91. The number of carboxylic acids is 1. The minimum atomic E-state index is -1.09. The number of pyridine rings is 1. The number of halogens is 1. The van der Waals surface area contributed by atoms with E-state index in [0.29, 0.717) is 17.6 Å². The molecule has 130 valence electrons. The summed E-state index contributed by atoms with van der Waals surface area (Å²) in [6, 6.07) is 9.25. The highest BCUT2D eigenvalue weighted by Gasteiger charge is 2.19. The predicted octanol–water partition coefficient (Wildman–Crippen LogP) is 2.35. The number of aromatic nitrogens is 3. The number of alkyl halides is 1. The smallest absolute Gasteiger partial charge is 0.357 e. The topological polar surface area (TPSA) is 100 Å². The van der Waals surface area contributed by atoms with E-state index in [1.807, 2.05) is 24.3 Å². The van der Waals surface area contributed by atoms with Gasteiger partial charge in [0.05, 0.1) is 17.4 Å². The van der Waals surface area contributed by atoms with Crippen molar-refractivity contribution in [2.24, 2.45) is 7.05 Å². The quantitative estimate of drug-likeness (QED) is 0.583. The first kappa shape index (κ1) is 17.2. The average Bonchev–Trinajstić information content (AvgIpc) is 2.97. The Hall–Kier alpha value is -2.64. The van der Waals surface area contributed by atoms with Gasteiger partial charge in [-0.2, -0.15) is 5.10 Å². The SMILES string of the molecule is Cn1nc(C(=O)O)c2c(-c3ccc(NCC(O)CCl)cc3)ccnc21. The zero-order valence-electron chi connectivity index (χ0n) is 13.5. The van der Waals surface area contributed by atoms with E-state index in [9.17, 15) is 15.0 Å². The molecular weight excluding hydrogens is 344 g/mol. The fourth-order valence-corrected chi connectivity index (χ4v) is 2.73. The molecule has 1 unspecified atom stereocenters. The van der Waals surface area contributed by atoms with Crippen LogP contribution in [0.2, 0.25) is 0 Å². The Balaban J connectivity index is 1.98. The van der Waals surface area contributed by atoms with Gasteiger partial charge in [-0.1, -0.05) is 12.1 Å². The van der Waals surface area contributed by atoms with Crippen molar-refractivity contribution >= 4 is 34.3 Å². The Morgan fingerprint density at radius 3 is 2.68 bits per heavy atom. The van der Waals surface area contributed by atoms with E-state index in [1.54, 1.807) is 19.3 Å². The summed E-state index contributed by atoms with van der Waals surface area (Å²) < 4.78 is 1.46. The highest BCUT2D eigenvalue weighted by Crippen LogP contribution is 2.30. The Kier molecular flexibility index (Phi) is 4.87. The summed E-state index contributed by atoms with van der Waals surface area (Å²) in [6.07, 6.45) is 1.02. The van der Waals surface area contributed by atoms with Gasteiger partial charge in [0, 0.05) is 25.5 Å². The number of benzene rings is 1. The number of carboxylic acid groups (broad SMARTS) is 1. The number of carbonyl (C=O) groups is 1. The molecule has 3 N–H and O–H groups in total. The van der Waals surface area contributed by atoms with Gasteiger partial charge in [0.25, 0.3) is 0 Å². The lowest BCUT2D eigenvalue weighted by Crippen LogP contribution is -2.20. The van der Waals surface area contributed by atoms with Gasteiger partial charge in [0.1, 0.15) is 0 Å². The number of rotatable bonds is 6. The minimum Gasteiger partial charge on any atom is -0.476 e. The summed E-state index contributed by atoms with van der Waals surface area (Å²) in [4.78, 5) is 15.7. The molecule has 0 aliphatic heterocycles. The summed E-state index contributed by atoms with van der Waals surface area (Å²) >= 11 is 5.57. The van der Waals surface area contributed by atoms with Crippen molar-refractivity contribution in [1.82, 2.24) is 14.8 Å². The number of aliphatic hydroxyl groups is 1. The van der Waals surface area contributed by atoms with Crippen LogP contribution in [-0.2, 0) is 7.05 Å². The fraction of sp³-hybridized carbons (Fsp3) is 0.235. The Labute approximate surface area is 148 Å². The van der Waals surface area contributed by atoms with Gasteiger partial charge >= 0.3 is 5.97 Å². The molecular formula is C17H17ClN4O3. The van der Waals surface area contributed by atoms with Crippen LogP contribution in [0.4, 0.5) is 5.69 Å². The summed E-state index contributed by atoms with van der Waals surface area (Å²) in [6.45, 7) is 0.355. The van der Waals surface area contributed by atoms with Crippen LogP contribution in [0.3, 0.4) is 0 Å². The van der Waals surface area contributed by atoms with Crippen molar-refractivity contribution in [3.8, 4) is 11.1 Å². The third-order valence-electron chi connectivity index (χ3n) is 3.84. The molecule has 0 aliphatic rings. The number of nitrogens with zero attached hydrogens (tertiary/aromatic N) is 3. The standard InChI is InChI=1S/C17H17ClN4O3/c1-22-16-14(15(21-22)17(24)25)13(6-7-19-16)10-2-4-11(5-3-10)20-9-12(23)8-18/h2-7,12,20,23H,8-9H2,1H3,(H,24,25). The molecule has 0 spiro atoms. The highest BCUT2D eigenvalue weighted by atomic mass is 35.5. The summed E-state index contributed by atoms with van der Waals surface area (Å²) in [7, 11) is 1.67. The normalized spacial score (nSPS) is 12.3. The van der Waals surface area contributed by atoms with E-state index in [-0.39, 0.29) is 11.6 Å². The molecule has 1 aromatic carbocycles. The molecule has 2 heterocycles. The van der Waals surface area contributed by atoms with E-state index >= 15 is 0 Å². The number of aromatic carboxylic acids is 1. The molecule has 0 fully saturated rings. The Morgan fingerprint density at radius 1 is 1.32 bits per heavy atom. The first-order valence-corrected chi connectivity index (χ1v) is 8.18. The van der Waals surface area contributed by atoms with Gasteiger partial charge in [-0.05, 0) is 29.3 Å². The summed E-state index contributed by atoms with van der Waals surface area (Å²) in [5.41, 5.74) is 2.94. The van der Waals surface area contributed by atoms with Gasteiger partial charge < -0.3 is 15.5 Å². The Morgan fingerprint density at radius 2 is 2.04 bits per heavy atom. The van der Waals surface area contributed by atoms with Crippen LogP contribution >= 0.6 is 11.6 Å². The molecule has 25 heavy (non-hydrogen) atoms. The second-order valence-electron chi connectivity index (χ2n) is 5.60. The van der Waals surface area contributed by atoms with Crippen molar-refractivity contribution in [2.45, 2.75) is 6.10 Å². The minimum absolute atomic E-state index is 0.0203. The van der Waals surface area contributed by atoms with E-state index in [4.69, 9.17) is 11.6 Å². The van der Waals surface area contributed by atoms with E-state index in [0.717, 1.165) is 16.8 Å². The van der Waals surface area contributed by atoms with E-state index in [1.165, 1.54) is 4.68 Å². The number of aliphatic hydroxyl groups excluding tert-OH is 1. The van der Waals surface area contributed by atoms with Crippen molar-refractivity contribution < 1.29 is 15.0 Å². The maximum absolute atomic E-state index is 11.5. The molecule has 7 nitrogen and oxygen atoms in total. The number of hydrogen-bond donors (Lipinski definition) is 3. The average molecular weight is 361 g/mol. The van der Waals surface area contributed by atoms with Crippen molar-refractivity contribution in [3.05, 3.63) is 42.2 Å². The molecule has 1 atom stereocenters. The van der Waals surface area contributed by atoms with Crippen LogP contribution in [0.15, 0.2) is 36.5 Å². The van der Waals surface area contributed by atoms with Gasteiger partial charge in [-0.15, -0.1) is 11.6 Å². The first-order valence-electron chi connectivity index (χ1n) is 7.64. The number of anilines is 1. The van der Waals surface area contributed by atoms with Crippen LogP contribution in [0.1, 0.15) is 10.5 Å². The van der Waals surface area contributed by atoms with Crippen LogP contribution in [0.5, 0.6) is 0 Å².